The molecule has 116 valence electrons. The highest BCUT2D eigenvalue weighted by Crippen LogP contribution is 2.22. The van der Waals surface area contributed by atoms with Crippen LogP contribution in [0.25, 0.3) is 0 Å². The summed E-state index contributed by atoms with van der Waals surface area (Å²) in [5.41, 5.74) is 0.138. The highest BCUT2D eigenvalue weighted by Gasteiger charge is 2.16. The lowest BCUT2D eigenvalue weighted by molar-refractivity contribution is -0.384. The quantitative estimate of drug-likeness (QED) is 0.606. The summed E-state index contributed by atoms with van der Waals surface area (Å²) in [6.45, 7) is 6.28. The monoisotopic (exact) mass is 312 g/mol. The van der Waals surface area contributed by atoms with E-state index in [0.717, 1.165) is 19.3 Å². The molecule has 0 unspecified atom stereocenters. The van der Waals surface area contributed by atoms with Crippen molar-refractivity contribution in [2.75, 3.05) is 0 Å². The zero-order valence-corrected chi connectivity index (χ0v) is 13.3. The standard InChI is InChI=1S/C15H21ClN2O3/c1-10(2)5-4-6-11(3)17-15(19)13-8-7-12(18(20)21)9-14(13)16/h7-11H,4-6H2,1-3H3,(H,17,19)/t11-/m0/s1. The highest BCUT2D eigenvalue weighted by atomic mass is 35.5. The van der Waals surface area contributed by atoms with Crippen LogP contribution in [-0.2, 0) is 0 Å². The maximum absolute atomic E-state index is 12.1. The number of carbonyl (C=O) groups excluding carboxylic acids is 1. The molecule has 0 radical (unpaired) electrons. The molecule has 0 spiro atoms. The Morgan fingerprint density at radius 1 is 1.33 bits per heavy atom. The topological polar surface area (TPSA) is 72.2 Å². The van der Waals surface area contributed by atoms with Gasteiger partial charge in [-0.1, -0.05) is 38.3 Å². The van der Waals surface area contributed by atoms with Crippen LogP contribution in [0.5, 0.6) is 0 Å². The van der Waals surface area contributed by atoms with Crippen LogP contribution in [0.4, 0.5) is 5.69 Å². The van der Waals surface area contributed by atoms with E-state index in [-0.39, 0.29) is 28.2 Å². The molecule has 0 fully saturated rings. The van der Waals surface area contributed by atoms with Crippen molar-refractivity contribution in [3.8, 4) is 0 Å². The average Bonchev–Trinajstić information content (AvgIpc) is 2.37. The van der Waals surface area contributed by atoms with E-state index in [2.05, 4.69) is 19.2 Å². The molecule has 0 aliphatic rings. The van der Waals surface area contributed by atoms with Crippen LogP contribution in [0.1, 0.15) is 50.4 Å². The van der Waals surface area contributed by atoms with Crippen molar-refractivity contribution in [2.24, 2.45) is 5.92 Å². The van der Waals surface area contributed by atoms with Gasteiger partial charge in [0.05, 0.1) is 15.5 Å². The molecule has 1 atom stereocenters. The van der Waals surface area contributed by atoms with Gasteiger partial charge in [0, 0.05) is 18.2 Å². The fraction of sp³-hybridized carbons (Fsp3) is 0.533. The van der Waals surface area contributed by atoms with Crippen LogP contribution < -0.4 is 5.32 Å². The van der Waals surface area contributed by atoms with Gasteiger partial charge in [0.2, 0.25) is 0 Å². The summed E-state index contributed by atoms with van der Waals surface area (Å²) in [5.74, 6) is 0.351. The SMILES string of the molecule is CC(C)CCC[C@H](C)NC(=O)c1ccc([N+](=O)[O-])cc1Cl. The number of rotatable bonds is 7. The Hall–Kier alpha value is -1.62. The predicted octanol–water partition coefficient (Wildman–Crippen LogP) is 4.19. The Kier molecular flexibility index (Phi) is 6.62. The Morgan fingerprint density at radius 3 is 2.52 bits per heavy atom. The van der Waals surface area contributed by atoms with E-state index in [1.54, 1.807) is 0 Å². The molecule has 0 saturated heterocycles. The lowest BCUT2D eigenvalue weighted by atomic mass is 10.0. The normalized spacial score (nSPS) is 12.2. The van der Waals surface area contributed by atoms with Crippen molar-refractivity contribution in [1.29, 1.82) is 0 Å². The molecule has 6 heteroatoms. The minimum absolute atomic E-state index is 0.0440. The number of benzene rings is 1. The number of hydrogen-bond donors (Lipinski definition) is 1. The van der Waals surface area contributed by atoms with E-state index in [4.69, 9.17) is 11.6 Å². The van der Waals surface area contributed by atoms with E-state index in [1.807, 2.05) is 6.92 Å². The average molecular weight is 313 g/mol. The molecule has 0 heterocycles. The molecule has 0 bridgehead atoms. The Labute approximate surface area is 129 Å². The molecule has 1 rings (SSSR count). The molecule has 1 N–H and O–H groups in total. The van der Waals surface area contributed by atoms with E-state index < -0.39 is 4.92 Å². The van der Waals surface area contributed by atoms with Crippen molar-refractivity contribution in [2.45, 2.75) is 46.1 Å². The molecule has 1 amide bonds. The second kappa shape index (κ2) is 7.98. The van der Waals surface area contributed by atoms with Crippen LogP contribution in [0.15, 0.2) is 18.2 Å². The summed E-state index contributed by atoms with van der Waals surface area (Å²) in [7, 11) is 0. The van der Waals surface area contributed by atoms with Crippen molar-refractivity contribution in [3.05, 3.63) is 38.9 Å². The van der Waals surface area contributed by atoms with Gasteiger partial charge in [0.15, 0.2) is 0 Å². The van der Waals surface area contributed by atoms with Crippen molar-refractivity contribution in [3.63, 3.8) is 0 Å². The first kappa shape index (κ1) is 17.4. The third-order valence-electron chi connectivity index (χ3n) is 3.20. The van der Waals surface area contributed by atoms with Gasteiger partial charge >= 0.3 is 0 Å². The lowest BCUT2D eigenvalue weighted by Crippen LogP contribution is -2.32. The lowest BCUT2D eigenvalue weighted by Gasteiger charge is -2.15. The maximum atomic E-state index is 12.1. The zero-order valence-electron chi connectivity index (χ0n) is 12.6. The zero-order chi connectivity index (χ0) is 16.0. The molecule has 0 aliphatic carbocycles. The fourth-order valence-electron chi connectivity index (χ4n) is 2.01. The Morgan fingerprint density at radius 2 is 2.00 bits per heavy atom. The number of nitrogens with one attached hydrogen (secondary N) is 1. The summed E-state index contributed by atoms with van der Waals surface area (Å²) in [4.78, 5) is 22.2. The van der Waals surface area contributed by atoms with Gasteiger partial charge in [-0.3, -0.25) is 14.9 Å². The Balaban J connectivity index is 2.61. The second-order valence-electron chi connectivity index (χ2n) is 5.62. The van der Waals surface area contributed by atoms with Gasteiger partial charge < -0.3 is 5.32 Å². The van der Waals surface area contributed by atoms with Crippen LogP contribution in [0, 0.1) is 16.0 Å². The fourth-order valence-corrected chi connectivity index (χ4v) is 2.27. The summed E-state index contributed by atoms with van der Waals surface area (Å²) in [6.07, 6.45) is 3.07. The second-order valence-corrected chi connectivity index (χ2v) is 6.03. The van der Waals surface area contributed by atoms with Crippen LogP contribution in [0.3, 0.4) is 0 Å². The highest BCUT2D eigenvalue weighted by molar-refractivity contribution is 6.34. The first-order valence-electron chi connectivity index (χ1n) is 7.06. The minimum atomic E-state index is -0.540. The first-order chi connectivity index (χ1) is 9.81. The molecule has 0 aliphatic heterocycles. The number of nitro groups is 1. The molecular weight excluding hydrogens is 292 g/mol. The van der Waals surface area contributed by atoms with E-state index in [0.29, 0.717) is 5.92 Å². The van der Waals surface area contributed by atoms with Gasteiger partial charge in [-0.25, -0.2) is 0 Å². The van der Waals surface area contributed by atoms with E-state index >= 15 is 0 Å². The van der Waals surface area contributed by atoms with Gasteiger partial charge in [0.1, 0.15) is 0 Å². The van der Waals surface area contributed by atoms with Gasteiger partial charge in [-0.2, -0.15) is 0 Å². The van der Waals surface area contributed by atoms with E-state index in [9.17, 15) is 14.9 Å². The first-order valence-corrected chi connectivity index (χ1v) is 7.44. The summed E-state index contributed by atoms with van der Waals surface area (Å²) in [6, 6.07) is 3.91. The van der Waals surface area contributed by atoms with E-state index in [1.165, 1.54) is 18.2 Å². The number of carbonyl (C=O) groups is 1. The molecule has 0 aromatic heterocycles. The number of halogens is 1. The molecular formula is C15H21ClN2O3. The number of hydrogen-bond acceptors (Lipinski definition) is 3. The third-order valence-corrected chi connectivity index (χ3v) is 3.52. The number of amides is 1. The van der Waals surface area contributed by atoms with Crippen molar-refractivity contribution < 1.29 is 9.72 Å². The maximum Gasteiger partial charge on any atom is 0.270 e. The minimum Gasteiger partial charge on any atom is -0.350 e. The third kappa shape index (κ3) is 5.71. The van der Waals surface area contributed by atoms with Crippen LogP contribution in [-0.4, -0.2) is 16.9 Å². The van der Waals surface area contributed by atoms with Crippen LogP contribution in [0.2, 0.25) is 5.02 Å². The Bertz CT molecular complexity index is 518. The molecule has 1 aromatic rings. The number of nitrogens with zero attached hydrogens (tertiary/aromatic N) is 1. The molecule has 21 heavy (non-hydrogen) atoms. The predicted molar refractivity (Wildman–Crippen MR) is 83.7 cm³/mol. The van der Waals surface area contributed by atoms with Crippen LogP contribution >= 0.6 is 11.6 Å². The number of nitro benzene ring substituents is 1. The largest absolute Gasteiger partial charge is 0.350 e. The van der Waals surface area contributed by atoms with Crippen molar-refractivity contribution in [1.82, 2.24) is 5.32 Å². The molecule has 1 aromatic carbocycles. The number of non-ortho nitro benzene ring substituents is 1. The van der Waals surface area contributed by atoms with Gasteiger partial charge in [-0.05, 0) is 25.3 Å². The molecule has 0 saturated carbocycles. The smallest absolute Gasteiger partial charge is 0.270 e. The summed E-state index contributed by atoms with van der Waals surface area (Å²) >= 11 is 5.93. The summed E-state index contributed by atoms with van der Waals surface area (Å²) < 4.78 is 0. The van der Waals surface area contributed by atoms with Gasteiger partial charge in [-0.15, -0.1) is 0 Å². The summed E-state index contributed by atoms with van der Waals surface area (Å²) in [5, 5.41) is 13.6. The molecule has 5 nitrogen and oxygen atoms in total. The van der Waals surface area contributed by atoms with Crippen molar-refractivity contribution >= 4 is 23.2 Å². The van der Waals surface area contributed by atoms with Gasteiger partial charge in [0.25, 0.3) is 11.6 Å².